The summed E-state index contributed by atoms with van der Waals surface area (Å²) >= 11 is 0. The van der Waals surface area contributed by atoms with Crippen LogP contribution in [-0.4, -0.2) is 39.2 Å². The first-order valence-electron chi connectivity index (χ1n) is 6.67. The summed E-state index contributed by atoms with van der Waals surface area (Å²) < 4.78 is 12.2. The molecule has 0 aliphatic rings. The number of carbonyl (C=O) groups is 1. The molecule has 0 saturated heterocycles. The van der Waals surface area contributed by atoms with Crippen molar-refractivity contribution in [2.24, 2.45) is 0 Å². The van der Waals surface area contributed by atoms with Crippen molar-refractivity contribution in [2.45, 2.75) is 34.2 Å². The van der Waals surface area contributed by atoms with Gasteiger partial charge in [-0.05, 0) is 27.7 Å². The molecule has 0 saturated carbocycles. The molecule has 0 fully saturated rings. The largest absolute Gasteiger partial charge is 0.476 e. The van der Waals surface area contributed by atoms with E-state index in [0.29, 0.717) is 47.9 Å². The Morgan fingerprint density at radius 3 is 2.60 bits per heavy atom. The lowest BCUT2D eigenvalue weighted by molar-refractivity contribution is 0.0526. The van der Waals surface area contributed by atoms with E-state index in [4.69, 9.17) is 9.47 Å². The number of aromatic nitrogens is 4. The van der Waals surface area contributed by atoms with Crippen LogP contribution in [0.15, 0.2) is 0 Å². The fraction of sp³-hybridized carbons (Fsp3) is 0.538. The molecule has 2 rings (SSSR count). The van der Waals surface area contributed by atoms with E-state index >= 15 is 0 Å². The first-order chi connectivity index (χ1) is 9.63. The lowest BCUT2D eigenvalue weighted by Gasteiger charge is -2.10. The fourth-order valence-corrected chi connectivity index (χ4v) is 2.04. The smallest absolute Gasteiger partial charge is 0.342 e. The lowest BCUT2D eigenvalue weighted by atomic mass is 10.1. The van der Waals surface area contributed by atoms with Crippen molar-refractivity contribution in [1.29, 1.82) is 0 Å². The van der Waals surface area contributed by atoms with Gasteiger partial charge in [0.15, 0.2) is 5.52 Å². The normalized spacial score (nSPS) is 10.8. The van der Waals surface area contributed by atoms with Gasteiger partial charge >= 0.3 is 5.97 Å². The zero-order valence-electron chi connectivity index (χ0n) is 12.1. The first kappa shape index (κ1) is 14.2. The van der Waals surface area contributed by atoms with E-state index in [1.165, 1.54) is 0 Å². The van der Waals surface area contributed by atoms with E-state index in [9.17, 15) is 4.79 Å². The van der Waals surface area contributed by atoms with Crippen molar-refractivity contribution in [2.75, 3.05) is 13.2 Å². The van der Waals surface area contributed by atoms with E-state index in [-0.39, 0.29) is 0 Å². The predicted octanol–water partition coefficient (Wildman–Crippen LogP) is 1.73. The maximum atomic E-state index is 12.1. The molecule has 0 atom stereocenters. The molecule has 2 aromatic rings. The second-order valence-corrected chi connectivity index (χ2v) is 4.13. The maximum absolute atomic E-state index is 12.1. The predicted molar refractivity (Wildman–Crippen MR) is 72.9 cm³/mol. The van der Waals surface area contributed by atoms with Gasteiger partial charge in [-0.15, -0.1) is 5.10 Å². The molecule has 2 aromatic heterocycles. The summed E-state index contributed by atoms with van der Waals surface area (Å²) in [7, 11) is 0. The molecule has 0 aliphatic heterocycles. The Balaban J connectivity index is 2.73. The third-order valence-corrected chi connectivity index (χ3v) is 2.87. The van der Waals surface area contributed by atoms with Crippen LogP contribution < -0.4 is 4.74 Å². The number of aryl methyl sites for hydroxylation is 2. The number of carbonyl (C=O) groups excluding carboxylic acids is 1. The van der Waals surface area contributed by atoms with E-state index in [0.717, 1.165) is 0 Å². The van der Waals surface area contributed by atoms with Gasteiger partial charge in [-0.25, -0.2) is 14.5 Å². The number of rotatable bonds is 5. The highest BCUT2D eigenvalue weighted by atomic mass is 16.5. The molecule has 0 radical (unpaired) electrons. The van der Waals surface area contributed by atoms with Crippen LogP contribution in [0.1, 0.15) is 36.8 Å². The van der Waals surface area contributed by atoms with Gasteiger partial charge in [0.05, 0.1) is 18.9 Å². The number of esters is 1. The summed E-state index contributed by atoms with van der Waals surface area (Å²) in [6, 6.07) is 0. The molecule has 108 valence electrons. The highest BCUT2D eigenvalue weighted by molar-refractivity contribution is 6.04. The molecule has 0 N–H and O–H groups in total. The Morgan fingerprint density at radius 1 is 1.25 bits per heavy atom. The number of hydrogen-bond donors (Lipinski definition) is 0. The SMILES string of the molecule is CCOC(=O)c1c(C)nc(OCC)c2nnn(CC)c12. The summed E-state index contributed by atoms with van der Waals surface area (Å²) in [6.07, 6.45) is 0. The number of nitrogens with zero attached hydrogens (tertiary/aromatic N) is 4. The summed E-state index contributed by atoms with van der Waals surface area (Å²) in [5.74, 6) is -0.0182. The minimum absolute atomic E-state index is 0.306. The average molecular weight is 278 g/mol. The van der Waals surface area contributed by atoms with Crippen LogP contribution in [0.5, 0.6) is 5.88 Å². The number of ether oxygens (including phenoxy) is 2. The van der Waals surface area contributed by atoms with Gasteiger partial charge in [-0.3, -0.25) is 0 Å². The van der Waals surface area contributed by atoms with Gasteiger partial charge < -0.3 is 9.47 Å². The molecule has 0 aromatic carbocycles. The zero-order chi connectivity index (χ0) is 14.7. The van der Waals surface area contributed by atoms with Crippen LogP contribution in [0.25, 0.3) is 11.0 Å². The molecule has 0 unspecified atom stereocenters. The molecular weight excluding hydrogens is 260 g/mol. The Hall–Kier alpha value is -2.18. The summed E-state index contributed by atoms with van der Waals surface area (Å²) in [4.78, 5) is 16.4. The van der Waals surface area contributed by atoms with Crippen molar-refractivity contribution >= 4 is 17.0 Å². The molecule has 2 heterocycles. The summed E-state index contributed by atoms with van der Waals surface area (Å²) in [5, 5.41) is 8.11. The molecular formula is C13H18N4O3. The van der Waals surface area contributed by atoms with Crippen molar-refractivity contribution in [3.63, 3.8) is 0 Å². The van der Waals surface area contributed by atoms with Gasteiger partial charge in [0, 0.05) is 6.54 Å². The monoisotopic (exact) mass is 278 g/mol. The quantitative estimate of drug-likeness (QED) is 0.775. The number of fused-ring (bicyclic) bond motifs is 1. The Morgan fingerprint density at radius 2 is 2.00 bits per heavy atom. The molecule has 0 aliphatic carbocycles. The molecule has 0 bridgehead atoms. The fourth-order valence-electron chi connectivity index (χ4n) is 2.04. The highest BCUT2D eigenvalue weighted by Crippen LogP contribution is 2.27. The Kier molecular flexibility index (Phi) is 4.16. The van der Waals surface area contributed by atoms with Gasteiger partial charge in [0.25, 0.3) is 0 Å². The zero-order valence-corrected chi connectivity index (χ0v) is 12.1. The molecule has 0 amide bonds. The van der Waals surface area contributed by atoms with Gasteiger partial charge in [-0.2, -0.15) is 0 Å². The van der Waals surface area contributed by atoms with Crippen molar-refractivity contribution in [1.82, 2.24) is 20.0 Å². The second-order valence-electron chi connectivity index (χ2n) is 4.13. The Bertz CT molecular complexity index is 636. The van der Waals surface area contributed by atoms with Crippen LogP contribution in [0, 0.1) is 6.92 Å². The van der Waals surface area contributed by atoms with Gasteiger partial charge in [0.1, 0.15) is 11.1 Å². The summed E-state index contributed by atoms with van der Waals surface area (Å²) in [5.41, 5.74) is 2.05. The molecule has 7 nitrogen and oxygen atoms in total. The standard InChI is InChI=1S/C13H18N4O3/c1-5-17-11-9(13(18)20-7-3)8(4)14-12(19-6-2)10(11)15-16-17/h5-7H2,1-4H3. The highest BCUT2D eigenvalue weighted by Gasteiger charge is 2.23. The topological polar surface area (TPSA) is 79.1 Å². The lowest BCUT2D eigenvalue weighted by Crippen LogP contribution is -2.12. The number of pyridine rings is 1. The third-order valence-electron chi connectivity index (χ3n) is 2.87. The van der Waals surface area contributed by atoms with Crippen molar-refractivity contribution in [3.05, 3.63) is 11.3 Å². The van der Waals surface area contributed by atoms with Crippen LogP contribution >= 0.6 is 0 Å². The van der Waals surface area contributed by atoms with Gasteiger partial charge in [-0.1, -0.05) is 5.21 Å². The molecule has 7 heteroatoms. The minimum atomic E-state index is -0.414. The van der Waals surface area contributed by atoms with E-state index in [1.54, 1.807) is 18.5 Å². The summed E-state index contributed by atoms with van der Waals surface area (Å²) in [6.45, 7) is 8.69. The van der Waals surface area contributed by atoms with Crippen LogP contribution in [-0.2, 0) is 11.3 Å². The first-order valence-corrected chi connectivity index (χ1v) is 6.67. The maximum Gasteiger partial charge on any atom is 0.342 e. The van der Waals surface area contributed by atoms with Crippen LogP contribution in [0.4, 0.5) is 0 Å². The minimum Gasteiger partial charge on any atom is -0.476 e. The molecule has 20 heavy (non-hydrogen) atoms. The van der Waals surface area contributed by atoms with Crippen molar-refractivity contribution in [3.8, 4) is 5.88 Å². The van der Waals surface area contributed by atoms with Gasteiger partial charge in [0.2, 0.25) is 5.88 Å². The van der Waals surface area contributed by atoms with E-state index < -0.39 is 5.97 Å². The van der Waals surface area contributed by atoms with E-state index in [2.05, 4.69) is 15.3 Å². The average Bonchev–Trinajstić information content (AvgIpc) is 2.83. The number of hydrogen-bond acceptors (Lipinski definition) is 6. The van der Waals surface area contributed by atoms with Crippen LogP contribution in [0.2, 0.25) is 0 Å². The van der Waals surface area contributed by atoms with Crippen molar-refractivity contribution < 1.29 is 14.3 Å². The molecule has 0 spiro atoms. The van der Waals surface area contributed by atoms with Crippen LogP contribution in [0.3, 0.4) is 0 Å². The van der Waals surface area contributed by atoms with E-state index in [1.807, 2.05) is 13.8 Å². The third kappa shape index (κ3) is 2.31. The Labute approximate surface area is 116 Å². The second kappa shape index (κ2) is 5.85.